The van der Waals surface area contributed by atoms with Gasteiger partial charge in [-0.05, 0) is 29.8 Å². The molecule has 0 saturated carbocycles. The van der Waals surface area contributed by atoms with Crippen molar-refractivity contribution in [2.24, 2.45) is 5.73 Å². The summed E-state index contributed by atoms with van der Waals surface area (Å²) in [4.78, 5) is 30.5. The summed E-state index contributed by atoms with van der Waals surface area (Å²) in [5.41, 5.74) is 9.28. The summed E-state index contributed by atoms with van der Waals surface area (Å²) in [5.74, 6) is -0.661. The van der Waals surface area contributed by atoms with Crippen molar-refractivity contribution in [3.05, 3.63) is 70.7 Å². The van der Waals surface area contributed by atoms with Crippen LogP contribution in [0.15, 0.2) is 53.9 Å². The van der Waals surface area contributed by atoms with Crippen molar-refractivity contribution in [2.75, 3.05) is 31.6 Å². The summed E-state index contributed by atoms with van der Waals surface area (Å²) in [6.07, 6.45) is 0.184. The first-order valence-corrected chi connectivity index (χ1v) is 11.0. The average molecular weight is 437 g/mol. The van der Waals surface area contributed by atoms with Gasteiger partial charge in [0.2, 0.25) is 11.8 Å². The highest BCUT2D eigenvalue weighted by Gasteiger charge is 2.12. The molecule has 31 heavy (non-hydrogen) atoms. The Morgan fingerprint density at radius 1 is 1.06 bits per heavy atom. The number of rotatable bonds is 7. The van der Waals surface area contributed by atoms with E-state index in [2.05, 4.69) is 39.5 Å². The first-order chi connectivity index (χ1) is 15.1. The van der Waals surface area contributed by atoms with Crippen molar-refractivity contribution in [1.82, 2.24) is 9.88 Å². The first kappa shape index (κ1) is 21.2. The summed E-state index contributed by atoms with van der Waals surface area (Å²) < 4.78 is 5.40. The predicted octanol–water partition coefficient (Wildman–Crippen LogP) is 2.92. The molecule has 1 aromatic heterocycles. The second-order valence-corrected chi connectivity index (χ2v) is 8.25. The molecule has 0 bridgehead atoms. The van der Waals surface area contributed by atoms with Crippen LogP contribution in [-0.2, 0) is 22.5 Å². The molecule has 3 N–H and O–H groups in total. The van der Waals surface area contributed by atoms with Crippen LogP contribution in [0.2, 0.25) is 0 Å². The molecule has 0 unspecified atom stereocenters. The normalized spacial score (nSPS) is 14.3. The number of thiazole rings is 1. The van der Waals surface area contributed by atoms with Crippen LogP contribution < -0.4 is 11.1 Å². The lowest BCUT2D eigenvalue weighted by atomic mass is 10.1. The zero-order valence-electron chi connectivity index (χ0n) is 17.0. The highest BCUT2D eigenvalue weighted by Crippen LogP contribution is 2.25. The zero-order chi connectivity index (χ0) is 21.6. The van der Waals surface area contributed by atoms with Crippen LogP contribution in [0.3, 0.4) is 0 Å². The fourth-order valence-corrected chi connectivity index (χ4v) is 4.20. The number of carbonyl (C=O) groups is 2. The molecule has 160 valence electrons. The maximum absolute atomic E-state index is 12.3. The second-order valence-electron chi connectivity index (χ2n) is 7.40. The van der Waals surface area contributed by atoms with E-state index in [0.717, 1.165) is 49.1 Å². The van der Waals surface area contributed by atoms with Crippen LogP contribution in [0.5, 0.6) is 0 Å². The van der Waals surface area contributed by atoms with Crippen molar-refractivity contribution in [1.29, 1.82) is 0 Å². The van der Waals surface area contributed by atoms with E-state index in [4.69, 9.17) is 10.5 Å². The van der Waals surface area contributed by atoms with E-state index in [1.165, 1.54) is 16.9 Å². The number of hydrogen-bond acceptors (Lipinski definition) is 6. The van der Waals surface area contributed by atoms with Crippen LogP contribution in [0.1, 0.15) is 21.6 Å². The number of hydrogen-bond donors (Lipinski definition) is 2. The molecule has 1 saturated heterocycles. The third-order valence-corrected chi connectivity index (χ3v) is 6.00. The van der Waals surface area contributed by atoms with Crippen LogP contribution in [0.4, 0.5) is 5.69 Å². The molecule has 1 fully saturated rings. The lowest BCUT2D eigenvalue weighted by Gasteiger charge is -2.26. The van der Waals surface area contributed by atoms with Crippen LogP contribution >= 0.6 is 11.3 Å². The molecular formula is C23H24N4O3S. The number of amides is 2. The summed E-state index contributed by atoms with van der Waals surface area (Å²) in [7, 11) is 0. The Bertz CT molecular complexity index is 1040. The molecule has 3 aromatic rings. The van der Waals surface area contributed by atoms with Crippen LogP contribution in [0.25, 0.3) is 10.6 Å². The molecular weight excluding hydrogens is 412 g/mol. The molecule has 0 spiro atoms. The number of primary amides is 1. The summed E-state index contributed by atoms with van der Waals surface area (Å²) >= 11 is 1.53. The minimum atomic E-state index is -0.498. The Balaban J connectivity index is 1.33. The number of nitrogens with zero attached hydrogens (tertiary/aromatic N) is 2. The fourth-order valence-electron chi connectivity index (χ4n) is 3.38. The topological polar surface area (TPSA) is 97.5 Å². The number of anilines is 1. The van der Waals surface area contributed by atoms with E-state index in [1.54, 1.807) is 24.3 Å². The molecule has 0 aliphatic carbocycles. The van der Waals surface area contributed by atoms with E-state index in [0.29, 0.717) is 11.3 Å². The van der Waals surface area contributed by atoms with Gasteiger partial charge in [-0.2, -0.15) is 0 Å². The fraction of sp³-hybridized carbons (Fsp3) is 0.261. The largest absolute Gasteiger partial charge is 0.379 e. The first-order valence-electron chi connectivity index (χ1n) is 10.1. The van der Waals surface area contributed by atoms with Gasteiger partial charge < -0.3 is 15.8 Å². The number of benzene rings is 2. The Kier molecular flexibility index (Phi) is 6.71. The maximum Gasteiger partial charge on any atom is 0.248 e. The Morgan fingerprint density at radius 3 is 2.45 bits per heavy atom. The van der Waals surface area contributed by atoms with E-state index in [9.17, 15) is 9.59 Å². The molecule has 4 rings (SSSR count). The molecule has 8 heteroatoms. The third-order valence-electron chi connectivity index (χ3n) is 5.06. The Labute approximate surface area is 184 Å². The second kappa shape index (κ2) is 9.82. The summed E-state index contributed by atoms with van der Waals surface area (Å²) in [6.45, 7) is 4.45. The molecule has 0 atom stereocenters. The molecule has 0 radical (unpaired) electrons. The van der Waals surface area contributed by atoms with E-state index in [-0.39, 0.29) is 12.3 Å². The van der Waals surface area contributed by atoms with Crippen LogP contribution in [0, 0.1) is 0 Å². The van der Waals surface area contributed by atoms with Gasteiger partial charge in [0.25, 0.3) is 0 Å². The van der Waals surface area contributed by atoms with Crippen molar-refractivity contribution in [3.63, 3.8) is 0 Å². The van der Waals surface area contributed by atoms with Gasteiger partial charge in [0.15, 0.2) is 0 Å². The third kappa shape index (κ3) is 5.75. The highest BCUT2D eigenvalue weighted by molar-refractivity contribution is 7.13. The number of aromatic nitrogens is 1. The van der Waals surface area contributed by atoms with Crippen molar-refractivity contribution >= 4 is 28.8 Å². The maximum atomic E-state index is 12.3. The van der Waals surface area contributed by atoms with Gasteiger partial charge in [0, 0.05) is 41.8 Å². The van der Waals surface area contributed by atoms with Gasteiger partial charge in [-0.15, -0.1) is 11.3 Å². The van der Waals surface area contributed by atoms with Crippen LogP contribution in [-0.4, -0.2) is 48.0 Å². The number of nitrogens with one attached hydrogen (secondary N) is 1. The number of morpholine rings is 1. The van der Waals surface area contributed by atoms with Crippen molar-refractivity contribution in [3.8, 4) is 10.6 Å². The summed E-state index contributed by atoms with van der Waals surface area (Å²) in [6, 6.07) is 14.9. The molecule has 2 amide bonds. The number of carbonyl (C=O) groups excluding carboxylic acids is 2. The van der Waals surface area contributed by atoms with Gasteiger partial charge in [-0.3, -0.25) is 14.5 Å². The van der Waals surface area contributed by atoms with E-state index < -0.39 is 5.91 Å². The molecule has 7 nitrogen and oxygen atoms in total. The molecule has 1 aliphatic heterocycles. The SMILES string of the molecule is NC(=O)c1ccc(NC(=O)Cc2csc(-c3ccc(CN4CCOCC4)cc3)n2)cc1. The predicted molar refractivity (Wildman–Crippen MR) is 121 cm³/mol. The Hall–Kier alpha value is -3.07. The quantitative estimate of drug-likeness (QED) is 0.594. The summed E-state index contributed by atoms with van der Waals surface area (Å²) in [5, 5.41) is 5.62. The minimum absolute atomic E-state index is 0.162. The zero-order valence-corrected chi connectivity index (χ0v) is 17.9. The minimum Gasteiger partial charge on any atom is -0.379 e. The Morgan fingerprint density at radius 2 is 1.77 bits per heavy atom. The van der Waals surface area contributed by atoms with Gasteiger partial charge >= 0.3 is 0 Å². The lowest BCUT2D eigenvalue weighted by Crippen LogP contribution is -2.35. The van der Waals surface area contributed by atoms with Gasteiger partial charge in [-0.25, -0.2) is 4.98 Å². The monoisotopic (exact) mass is 436 g/mol. The lowest BCUT2D eigenvalue weighted by molar-refractivity contribution is -0.115. The van der Waals surface area contributed by atoms with Gasteiger partial charge in [0.1, 0.15) is 5.01 Å². The average Bonchev–Trinajstić information content (AvgIpc) is 3.23. The van der Waals surface area contributed by atoms with Gasteiger partial charge in [-0.1, -0.05) is 24.3 Å². The molecule has 1 aliphatic rings. The number of nitrogens with two attached hydrogens (primary N) is 1. The standard InChI is InChI=1S/C23H24N4O3S/c24-22(29)17-5-7-19(8-6-17)25-21(28)13-20-15-31-23(26-20)18-3-1-16(2-4-18)14-27-9-11-30-12-10-27/h1-8,15H,9-14H2,(H2,24,29)(H,25,28). The smallest absolute Gasteiger partial charge is 0.248 e. The highest BCUT2D eigenvalue weighted by atomic mass is 32.1. The van der Waals surface area contributed by atoms with Crippen molar-refractivity contribution < 1.29 is 14.3 Å². The van der Waals surface area contributed by atoms with Crippen molar-refractivity contribution in [2.45, 2.75) is 13.0 Å². The molecule has 2 aromatic carbocycles. The van der Waals surface area contributed by atoms with Gasteiger partial charge in [0.05, 0.1) is 25.3 Å². The van der Waals surface area contributed by atoms with E-state index >= 15 is 0 Å². The van der Waals surface area contributed by atoms with E-state index in [1.807, 2.05) is 5.38 Å². The molecule has 2 heterocycles. The number of ether oxygens (including phenoxy) is 1.